The summed E-state index contributed by atoms with van der Waals surface area (Å²) in [6.07, 6.45) is 1.80. The van der Waals surface area contributed by atoms with E-state index >= 15 is 0 Å². The van der Waals surface area contributed by atoms with E-state index < -0.39 is 0 Å². The first kappa shape index (κ1) is 15.5. The lowest BCUT2D eigenvalue weighted by molar-refractivity contribution is 0.0945. The van der Waals surface area contributed by atoms with Gasteiger partial charge >= 0.3 is 0 Å². The average molecular weight is 303 g/mol. The van der Waals surface area contributed by atoms with Crippen LogP contribution in [-0.2, 0) is 0 Å². The van der Waals surface area contributed by atoms with Crippen LogP contribution in [0.2, 0.25) is 0 Å². The lowest BCUT2D eigenvalue weighted by atomic mass is 10.3. The Morgan fingerprint density at radius 3 is 2.71 bits per heavy atom. The van der Waals surface area contributed by atoms with E-state index in [1.54, 1.807) is 24.0 Å². The second-order valence-electron chi connectivity index (χ2n) is 5.08. The van der Waals surface area contributed by atoms with E-state index in [2.05, 4.69) is 17.4 Å². The third-order valence-corrected chi connectivity index (χ3v) is 4.07. The van der Waals surface area contributed by atoms with Crippen LogP contribution in [0.4, 0.5) is 5.69 Å². The summed E-state index contributed by atoms with van der Waals surface area (Å²) < 4.78 is 1.90. The zero-order valence-electron chi connectivity index (χ0n) is 12.4. The van der Waals surface area contributed by atoms with Gasteiger partial charge in [-0.3, -0.25) is 4.79 Å². The zero-order chi connectivity index (χ0) is 15.2. The summed E-state index contributed by atoms with van der Waals surface area (Å²) in [7, 11) is 0. The van der Waals surface area contributed by atoms with Crippen molar-refractivity contribution in [3.05, 3.63) is 48.3 Å². The molecule has 0 saturated heterocycles. The number of nitrogen functional groups attached to an aromatic ring is 1. The molecule has 0 aliphatic heterocycles. The van der Waals surface area contributed by atoms with E-state index in [-0.39, 0.29) is 11.9 Å². The summed E-state index contributed by atoms with van der Waals surface area (Å²) >= 11 is 1.73. The number of hydrogen-bond donors (Lipinski definition) is 2. The zero-order valence-corrected chi connectivity index (χ0v) is 13.2. The highest BCUT2D eigenvalue weighted by atomic mass is 32.2. The number of thioether (sulfide) groups is 1. The van der Waals surface area contributed by atoms with Gasteiger partial charge in [0.15, 0.2) is 0 Å². The Morgan fingerprint density at radius 1 is 1.33 bits per heavy atom. The molecule has 2 rings (SSSR count). The van der Waals surface area contributed by atoms with E-state index in [1.807, 2.05) is 36.6 Å². The van der Waals surface area contributed by atoms with Gasteiger partial charge in [0.05, 0.1) is 5.69 Å². The number of rotatable bonds is 6. The van der Waals surface area contributed by atoms with Crippen molar-refractivity contribution in [1.29, 1.82) is 0 Å². The van der Waals surface area contributed by atoms with Crippen LogP contribution in [0.1, 0.15) is 30.4 Å². The molecule has 1 aromatic heterocycles. The predicted octanol–water partition coefficient (Wildman–Crippen LogP) is 3.17. The van der Waals surface area contributed by atoms with Crippen LogP contribution in [0.15, 0.2) is 47.5 Å². The molecule has 1 aromatic carbocycles. The van der Waals surface area contributed by atoms with E-state index in [0.717, 1.165) is 5.75 Å². The van der Waals surface area contributed by atoms with Gasteiger partial charge in [-0.15, -0.1) is 11.8 Å². The highest BCUT2D eigenvalue weighted by Crippen LogP contribution is 2.17. The summed E-state index contributed by atoms with van der Waals surface area (Å²) in [5.74, 6) is 0.766. The monoisotopic (exact) mass is 303 g/mol. The Hall–Kier alpha value is -1.88. The van der Waals surface area contributed by atoms with Crippen molar-refractivity contribution in [2.75, 3.05) is 18.0 Å². The lowest BCUT2D eigenvalue weighted by Gasteiger charge is -2.12. The van der Waals surface area contributed by atoms with E-state index in [0.29, 0.717) is 17.9 Å². The quantitative estimate of drug-likeness (QED) is 0.636. The van der Waals surface area contributed by atoms with Gasteiger partial charge in [0.2, 0.25) is 0 Å². The first-order valence-electron chi connectivity index (χ1n) is 7.01. The molecule has 0 bridgehead atoms. The maximum Gasteiger partial charge on any atom is 0.268 e. The molecule has 1 heterocycles. The first-order valence-corrected chi connectivity index (χ1v) is 8.00. The van der Waals surface area contributed by atoms with E-state index in [9.17, 15) is 4.79 Å². The molecule has 0 spiro atoms. The number of nitrogens with zero attached hydrogens (tertiary/aromatic N) is 1. The maximum atomic E-state index is 12.2. The molecule has 0 fully saturated rings. The van der Waals surface area contributed by atoms with Crippen LogP contribution in [0.5, 0.6) is 0 Å². The van der Waals surface area contributed by atoms with Crippen LogP contribution < -0.4 is 11.1 Å². The fraction of sp³-hybridized carbons (Fsp3) is 0.312. The second-order valence-corrected chi connectivity index (χ2v) is 6.25. The molecule has 0 aliphatic rings. The molecule has 4 nitrogen and oxygen atoms in total. The third kappa shape index (κ3) is 4.29. The number of carbonyl (C=O) groups is 1. The molecule has 1 amide bonds. The van der Waals surface area contributed by atoms with Crippen LogP contribution in [0.3, 0.4) is 0 Å². The van der Waals surface area contributed by atoms with Crippen molar-refractivity contribution >= 4 is 23.4 Å². The minimum absolute atomic E-state index is 0.0749. The average Bonchev–Trinajstić information content (AvgIpc) is 2.87. The van der Waals surface area contributed by atoms with Crippen LogP contribution >= 0.6 is 11.8 Å². The van der Waals surface area contributed by atoms with Crippen molar-refractivity contribution in [3.63, 3.8) is 0 Å². The van der Waals surface area contributed by atoms with Gasteiger partial charge in [-0.25, -0.2) is 0 Å². The molecule has 2 aromatic rings. The van der Waals surface area contributed by atoms with Gasteiger partial charge < -0.3 is 15.6 Å². The van der Waals surface area contributed by atoms with Crippen molar-refractivity contribution < 1.29 is 4.79 Å². The summed E-state index contributed by atoms with van der Waals surface area (Å²) in [5.41, 5.74) is 7.02. The maximum absolute atomic E-state index is 12.2. The molecular formula is C16H21N3OS. The Balaban J connectivity index is 1.85. The third-order valence-electron chi connectivity index (χ3n) is 3.06. The van der Waals surface area contributed by atoms with E-state index in [1.165, 1.54) is 4.90 Å². The van der Waals surface area contributed by atoms with Crippen LogP contribution in [-0.4, -0.2) is 22.8 Å². The molecule has 0 atom stereocenters. The van der Waals surface area contributed by atoms with E-state index in [4.69, 9.17) is 5.73 Å². The molecule has 112 valence electrons. The molecule has 5 heteroatoms. The number of nitrogens with one attached hydrogen (secondary N) is 1. The Kier molecular flexibility index (Phi) is 5.33. The van der Waals surface area contributed by atoms with Crippen molar-refractivity contribution in [2.45, 2.75) is 24.8 Å². The Morgan fingerprint density at radius 2 is 2.05 bits per heavy atom. The minimum atomic E-state index is -0.0749. The molecule has 0 radical (unpaired) electrons. The van der Waals surface area contributed by atoms with Gasteiger partial charge in [-0.05, 0) is 32.0 Å². The van der Waals surface area contributed by atoms with Crippen molar-refractivity contribution in [3.8, 4) is 0 Å². The van der Waals surface area contributed by atoms with Gasteiger partial charge in [0, 0.05) is 29.4 Å². The number of nitrogens with two attached hydrogens (primary N) is 1. The normalized spacial score (nSPS) is 10.8. The number of hydrogen-bond acceptors (Lipinski definition) is 3. The molecule has 21 heavy (non-hydrogen) atoms. The van der Waals surface area contributed by atoms with Crippen LogP contribution in [0, 0.1) is 0 Å². The fourth-order valence-electron chi connectivity index (χ4n) is 2.05. The molecule has 0 aliphatic carbocycles. The van der Waals surface area contributed by atoms with Crippen molar-refractivity contribution in [1.82, 2.24) is 9.88 Å². The largest absolute Gasteiger partial charge is 0.397 e. The minimum Gasteiger partial charge on any atom is -0.397 e. The van der Waals surface area contributed by atoms with Gasteiger partial charge in [-0.2, -0.15) is 0 Å². The standard InChI is InChI=1S/C16H21N3OS/c1-12(2)19-11-13(17)10-15(19)16(20)18-8-9-21-14-6-4-3-5-7-14/h3-7,10-12H,8-9,17H2,1-2H3,(H,18,20). The number of aromatic nitrogens is 1. The Labute approximate surface area is 129 Å². The topological polar surface area (TPSA) is 60.0 Å². The molecule has 3 N–H and O–H groups in total. The van der Waals surface area contributed by atoms with Gasteiger partial charge in [0.25, 0.3) is 5.91 Å². The smallest absolute Gasteiger partial charge is 0.268 e. The molecular weight excluding hydrogens is 282 g/mol. The van der Waals surface area contributed by atoms with Gasteiger partial charge in [0.1, 0.15) is 5.69 Å². The second kappa shape index (κ2) is 7.22. The number of benzene rings is 1. The van der Waals surface area contributed by atoms with Gasteiger partial charge in [-0.1, -0.05) is 18.2 Å². The summed E-state index contributed by atoms with van der Waals surface area (Å²) in [4.78, 5) is 13.4. The highest BCUT2D eigenvalue weighted by molar-refractivity contribution is 7.99. The number of carbonyl (C=O) groups excluding carboxylic acids is 1. The highest BCUT2D eigenvalue weighted by Gasteiger charge is 2.14. The number of anilines is 1. The predicted molar refractivity (Wildman–Crippen MR) is 88.7 cm³/mol. The Bertz CT molecular complexity index is 593. The van der Waals surface area contributed by atoms with Crippen molar-refractivity contribution in [2.24, 2.45) is 0 Å². The van der Waals surface area contributed by atoms with Crippen LogP contribution in [0.25, 0.3) is 0 Å². The number of amides is 1. The summed E-state index contributed by atoms with van der Waals surface area (Å²) in [5, 5.41) is 2.94. The first-order chi connectivity index (χ1) is 10.1. The molecule has 0 saturated carbocycles. The summed E-state index contributed by atoms with van der Waals surface area (Å²) in [6.45, 7) is 4.69. The lowest BCUT2D eigenvalue weighted by Crippen LogP contribution is -2.28. The fourth-order valence-corrected chi connectivity index (χ4v) is 2.84. The molecule has 0 unspecified atom stereocenters. The summed E-state index contributed by atoms with van der Waals surface area (Å²) in [6, 6.07) is 12.1. The SMILES string of the molecule is CC(C)n1cc(N)cc1C(=O)NCCSc1ccccc1.